The molecule has 0 aliphatic heterocycles. The molecular formula is C13H15ClFNO. The summed E-state index contributed by atoms with van der Waals surface area (Å²) >= 11 is 5.90. The molecule has 0 radical (unpaired) electrons. The predicted molar refractivity (Wildman–Crippen MR) is 65.7 cm³/mol. The standard InChI is InChI=1S/C13H15ClFNO/c1-16(8-9-6-11(14)7-9)13(17)10-2-4-12(15)5-3-10/h2-5,9,11H,6-8H2,1H3. The van der Waals surface area contributed by atoms with Gasteiger partial charge in [-0.05, 0) is 43.0 Å². The van der Waals surface area contributed by atoms with E-state index in [-0.39, 0.29) is 17.1 Å². The lowest BCUT2D eigenvalue weighted by Crippen LogP contribution is -2.37. The normalized spacial score (nSPS) is 23.0. The minimum absolute atomic E-state index is 0.0666. The zero-order valence-corrected chi connectivity index (χ0v) is 10.5. The summed E-state index contributed by atoms with van der Waals surface area (Å²) in [6, 6.07) is 5.64. The van der Waals surface area contributed by atoms with Gasteiger partial charge < -0.3 is 4.90 Å². The lowest BCUT2D eigenvalue weighted by molar-refractivity contribution is 0.0747. The van der Waals surface area contributed by atoms with Crippen LogP contribution in [0.5, 0.6) is 0 Å². The second-order valence-electron chi connectivity index (χ2n) is 4.63. The van der Waals surface area contributed by atoms with Gasteiger partial charge in [0.2, 0.25) is 0 Å². The van der Waals surface area contributed by atoms with E-state index in [4.69, 9.17) is 11.6 Å². The molecule has 0 spiro atoms. The number of halogens is 2. The fraction of sp³-hybridized carbons (Fsp3) is 0.462. The summed E-state index contributed by atoms with van der Waals surface area (Å²) in [6.07, 6.45) is 1.95. The predicted octanol–water partition coefficient (Wildman–Crippen LogP) is 2.92. The average Bonchev–Trinajstić information content (AvgIpc) is 2.27. The highest BCUT2D eigenvalue weighted by molar-refractivity contribution is 6.21. The molecule has 0 saturated heterocycles. The number of rotatable bonds is 3. The molecule has 1 amide bonds. The van der Waals surface area contributed by atoms with Gasteiger partial charge in [-0.15, -0.1) is 11.6 Å². The summed E-state index contributed by atoms with van der Waals surface area (Å²) < 4.78 is 12.7. The van der Waals surface area contributed by atoms with Crippen LogP contribution in [0.2, 0.25) is 0 Å². The Labute approximate surface area is 105 Å². The summed E-state index contributed by atoms with van der Waals surface area (Å²) in [6.45, 7) is 0.722. The van der Waals surface area contributed by atoms with E-state index in [1.807, 2.05) is 0 Å². The molecule has 0 N–H and O–H groups in total. The number of nitrogens with zero attached hydrogens (tertiary/aromatic N) is 1. The van der Waals surface area contributed by atoms with Gasteiger partial charge >= 0.3 is 0 Å². The van der Waals surface area contributed by atoms with Crippen molar-refractivity contribution in [2.75, 3.05) is 13.6 Å². The van der Waals surface area contributed by atoms with Crippen LogP contribution in [0.3, 0.4) is 0 Å². The first-order chi connectivity index (χ1) is 8.06. The van der Waals surface area contributed by atoms with Gasteiger partial charge in [-0.25, -0.2) is 4.39 Å². The molecule has 1 aliphatic rings. The Balaban J connectivity index is 1.92. The van der Waals surface area contributed by atoms with E-state index in [2.05, 4.69) is 0 Å². The van der Waals surface area contributed by atoms with Crippen LogP contribution in [0.25, 0.3) is 0 Å². The van der Waals surface area contributed by atoms with E-state index in [1.54, 1.807) is 11.9 Å². The number of alkyl halides is 1. The molecule has 0 unspecified atom stereocenters. The highest BCUT2D eigenvalue weighted by atomic mass is 35.5. The van der Waals surface area contributed by atoms with Crippen LogP contribution in [-0.2, 0) is 0 Å². The Morgan fingerprint density at radius 1 is 1.41 bits per heavy atom. The molecule has 1 fully saturated rings. The van der Waals surface area contributed by atoms with Crippen molar-refractivity contribution in [2.45, 2.75) is 18.2 Å². The molecular weight excluding hydrogens is 241 g/mol. The molecule has 2 rings (SSSR count). The van der Waals surface area contributed by atoms with Crippen LogP contribution in [0.1, 0.15) is 23.2 Å². The van der Waals surface area contributed by atoms with Gasteiger partial charge in [0.15, 0.2) is 0 Å². The Hall–Kier alpha value is -1.09. The molecule has 2 nitrogen and oxygen atoms in total. The first kappa shape index (κ1) is 12.4. The van der Waals surface area contributed by atoms with Crippen LogP contribution >= 0.6 is 11.6 Å². The van der Waals surface area contributed by atoms with Crippen molar-refractivity contribution in [2.24, 2.45) is 5.92 Å². The van der Waals surface area contributed by atoms with Crippen LogP contribution in [0.4, 0.5) is 4.39 Å². The van der Waals surface area contributed by atoms with Crippen LogP contribution in [0.15, 0.2) is 24.3 Å². The molecule has 1 aromatic rings. The Bertz CT molecular complexity index is 400. The maximum atomic E-state index is 12.7. The highest BCUT2D eigenvalue weighted by Crippen LogP contribution is 2.32. The van der Waals surface area contributed by atoms with Gasteiger partial charge in [0.05, 0.1) is 0 Å². The van der Waals surface area contributed by atoms with Gasteiger partial charge in [-0.3, -0.25) is 4.79 Å². The van der Waals surface area contributed by atoms with E-state index in [0.29, 0.717) is 11.5 Å². The molecule has 1 aromatic carbocycles. The lowest BCUT2D eigenvalue weighted by Gasteiger charge is -2.34. The smallest absolute Gasteiger partial charge is 0.253 e. The number of amides is 1. The first-order valence-electron chi connectivity index (χ1n) is 5.71. The summed E-state index contributed by atoms with van der Waals surface area (Å²) in [4.78, 5) is 13.7. The maximum Gasteiger partial charge on any atom is 0.253 e. The van der Waals surface area contributed by atoms with Crippen molar-refractivity contribution in [3.05, 3.63) is 35.6 Å². The largest absolute Gasteiger partial charge is 0.341 e. The van der Waals surface area contributed by atoms with Gasteiger partial charge in [0, 0.05) is 24.5 Å². The van der Waals surface area contributed by atoms with Gasteiger partial charge in [0.1, 0.15) is 5.82 Å². The highest BCUT2D eigenvalue weighted by Gasteiger charge is 2.29. The number of benzene rings is 1. The monoisotopic (exact) mass is 255 g/mol. The third kappa shape index (κ3) is 2.97. The van der Waals surface area contributed by atoms with Gasteiger partial charge in [-0.2, -0.15) is 0 Å². The summed E-state index contributed by atoms with van der Waals surface area (Å²) in [7, 11) is 1.77. The third-order valence-corrected chi connectivity index (χ3v) is 3.50. The quantitative estimate of drug-likeness (QED) is 0.761. The average molecular weight is 256 g/mol. The van der Waals surface area contributed by atoms with E-state index >= 15 is 0 Å². The Morgan fingerprint density at radius 3 is 2.53 bits per heavy atom. The molecule has 1 aliphatic carbocycles. The zero-order valence-electron chi connectivity index (χ0n) is 9.70. The van der Waals surface area contributed by atoms with Crippen molar-refractivity contribution < 1.29 is 9.18 Å². The summed E-state index contributed by atoms with van der Waals surface area (Å²) in [5.74, 6) is 0.114. The maximum absolute atomic E-state index is 12.7. The van der Waals surface area contributed by atoms with Gasteiger partial charge in [0.25, 0.3) is 5.91 Å². The zero-order chi connectivity index (χ0) is 12.4. The number of carbonyl (C=O) groups is 1. The fourth-order valence-electron chi connectivity index (χ4n) is 2.09. The Kier molecular flexibility index (Phi) is 3.67. The van der Waals surface area contributed by atoms with Crippen LogP contribution in [0, 0.1) is 11.7 Å². The minimum atomic E-state index is -0.326. The molecule has 92 valence electrons. The first-order valence-corrected chi connectivity index (χ1v) is 6.15. The van der Waals surface area contributed by atoms with Crippen LogP contribution in [-0.4, -0.2) is 29.8 Å². The molecule has 4 heteroatoms. The topological polar surface area (TPSA) is 20.3 Å². The van der Waals surface area contributed by atoms with E-state index in [0.717, 1.165) is 19.4 Å². The van der Waals surface area contributed by atoms with Crippen molar-refractivity contribution in [3.8, 4) is 0 Å². The molecule has 0 aromatic heterocycles. The number of hydrogen-bond donors (Lipinski definition) is 0. The van der Waals surface area contributed by atoms with E-state index in [9.17, 15) is 9.18 Å². The SMILES string of the molecule is CN(CC1CC(Cl)C1)C(=O)c1ccc(F)cc1. The van der Waals surface area contributed by atoms with E-state index in [1.165, 1.54) is 24.3 Å². The number of carbonyl (C=O) groups excluding carboxylic acids is 1. The van der Waals surface area contributed by atoms with Crippen molar-refractivity contribution in [1.29, 1.82) is 0 Å². The van der Waals surface area contributed by atoms with E-state index < -0.39 is 0 Å². The van der Waals surface area contributed by atoms with Crippen molar-refractivity contribution >= 4 is 17.5 Å². The Morgan fingerprint density at radius 2 is 2.00 bits per heavy atom. The van der Waals surface area contributed by atoms with Gasteiger partial charge in [-0.1, -0.05) is 0 Å². The number of hydrogen-bond acceptors (Lipinski definition) is 1. The molecule has 0 heterocycles. The fourth-order valence-corrected chi connectivity index (χ4v) is 2.59. The third-order valence-electron chi connectivity index (χ3n) is 3.15. The minimum Gasteiger partial charge on any atom is -0.341 e. The summed E-state index contributed by atoms with van der Waals surface area (Å²) in [5.41, 5.74) is 0.524. The second-order valence-corrected chi connectivity index (χ2v) is 5.24. The molecule has 1 saturated carbocycles. The summed E-state index contributed by atoms with van der Waals surface area (Å²) in [5, 5.41) is 0.273. The molecule has 17 heavy (non-hydrogen) atoms. The molecule has 0 atom stereocenters. The second kappa shape index (κ2) is 5.05. The lowest BCUT2D eigenvalue weighted by atomic mass is 9.84. The molecule has 0 bridgehead atoms. The van der Waals surface area contributed by atoms with Crippen LogP contribution < -0.4 is 0 Å². The van der Waals surface area contributed by atoms with Crippen molar-refractivity contribution in [1.82, 2.24) is 4.90 Å². The van der Waals surface area contributed by atoms with Crippen molar-refractivity contribution in [3.63, 3.8) is 0 Å².